The molecule has 0 radical (unpaired) electrons. The minimum atomic E-state index is -0.671. The fourth-order valence-corrected chi connectivity index (χ4v) is 5.87. The lowest BCUT2D eigenvalue weighted by atomic mass is 9.95. The summed E-state index contributed by atoms with van der Waals surface area (Å²) < 4.78 is 22.6. The molecule has 4 rings (SSSR count). The molecule has 10 nitrogen and oxygen atoms in total. The zero-order valence-corrected chi connectivity index (χ0v) is 27.0. The summed E-state index contributed by atoms with van der Waals surface area (Å²) in [5.41, 5.74) is 4.01. The van der Waals surface area contributed by atoms with Gasteiger partial charge >= 0.3 is 0 Å². The van der Waals surface area contributed by atoms with Crippen molar-refractivity contribution >= 4 is 17.5 Å². The van der Waals surface area contributed by atoms with E-state index < -0.39 is 12.1 Å². The highest BCUT2D eigenvalue weighted by atomic mass is 16.5. The number of hydrogen-bond donors (Lipinski definition) is 3. The summed E-state index contributed by atoms with van der Waals surface area (Å²) in [4.78, 5) is 39.4. The first kappa shape index (κ1) is 33.2. The molecule has 2 amide bonds. The number of nitrogens with one attached hydrogen (secondary N) is 3. The first-order chi connectivity index (χ1) is 21.6. The van der Waals surface area contributed by atoms with Crippen molar-refractivity contribution in [2.75, 3.05) is 40.3 Å². The third kappa shape index (κ3) is 7.33. The van der Waals surface area contributed by atoms with Crippen molar-refractivity contribution in [3.05, 3.63) is 75.4 Å². The van der Waals surface area contributed by atoms with E-state index in [-0.39, 0.29) is 28.8 Å². The van der Waals surface area contributed by atoms with Crippen LogP contribution in [0, 0.1) is 5.92 Å². The Balaban J connectivity index is 1.73. The molecule has 0 fully saturated rings. The number of anilines is 1. The van der Waals surface area contributed by atoms with Crippen LogP contribution in [0.1, 0.15) is 49.9 Å². The van der Waals surface area contributed by atoms with Gasteiger partial charge < -0.3 is 34.9 Å². The van der Waals surface area contributed by atoms with Crippen LogP contribution in [0.3, 0.4) is 0 Å². The van der Waals surface area contributed by atoms with Crippen LogP contribution in [-0.2, 0) is 22.4 Å². The Labute approximate surface area is 264 Å². The van der Waals surface area contributed by atoms with Gasteiger partial charge in [-0.3, -0.25) is 14.4 Å². The summed E-state index contributed by atoms with van der Waals surface area (Å²) >= 11 is 0. The third-order valence-corrected chi connectivity index (χ3v) is 8.06. The number of benzene rings is 2. The van der Waals surface area contributed by atoms with Gasteiger partial charge in [0.25, 0.3) is 0 Å². The van der Waals surface area contributed by atoms with E-state index in [0.717, 1.165) is 22.4 Å². The van der Waals surface area contributed by atoms with Crippen LogP contribution in [0.15, 0.2) is 53.3 Å². The molecule has 45 heavy (non-hydrogen) atoms. The second-order valence-corrected chi connectivity index (χ2v) is 11.3. The highest BCUT2D eigenvalue weighted by molar-refractivity contribution is 5.86. The Kier molecular flexibility index (Phi) is 10.9. The standard InChI is InChI=1S/C35H43N3O7/c1-20(2)32(35(41)36-17-16-22-10-8-9-11-29(22)42-4)38-27-15-13-24-25(19-28(27)40)26(37-21(3)39)14-12-23-18-30(43-5)33(44-6)34(45-7)31(23)24/h8-11,13,15,18-20,26,32H,12,14,16-17H2,1-7H3,(H,36,41)(H,37,39)(H,38,40)/t26-,32-/m0/s1. The Hall–Kier alpha value is -4.73. The zero-order valence-electron chi connectivity index (χ0n) is 27.0. The second-order valence-electron chi connectivity index (χ2n) is 11.3. The summed E-state index contributed by atoms with van der Waals surface area (Å²) in [5, 5.41) is 9.23. The van der Waals surface area contributed by atoms with E-state index >= 15 is 0 Å². The van der Waals surface area contributed by atoms with E-state index in [1.165, 1.54) is 6.92 Å². The van der Waals surface area contributed by atoms with Crippen molar-refractivity contribution in [3.8, 4) is 34.1 Å². The van der Waals surface area contributed by atoms with E-state index in [2.05, 4.69) is 16.0 Å². The normalized spacial score (nSPS) is 14.3. The number of amides is 2. The second kappa shape index (κ2) is 14.8. The van der Waals surface area contributed by atoms with E-state index in [1.807, 2.05) is 50.2 Å². The molecule has 0 unspecified atom stereocenters. The Morgan fingerprint density at radius 3 is 2.27 bits per heavy atom. The van der Waals surface area contributed by atoms with Gasteiger partial charge in [0, 0.05) is 19.0 Å². The molecule has 0 spiro atoms. The predicted octanol–water partition coefficient (Wildman–Crippen LogP) is 4.67. The molecule has 3 aromatic rings. The number of para-hydroxylation sites is 1. The number of rotatable bonds is 12. The van der Waals surface area contributed by atoms with Crippen LogP contribution in [0.4, 0.5) is 5.69 Å². The minimum absolute atomic E-state index is 0.122. The molecule has 0 aromatic heterocycles. The number of carbonyl (C=O) groups excluding carboxylic acids is 2. The third-order valence-electron chi connectivity index (χ3n) is 8.06. The molecule has 0 saturated heterocycles. The van der Waals surface area contributed by atoms with E-state index in [9.17, 15) is 14.4 Å². The topological polar surface area (TPSA) is 124 Å². The van der Waals surface area contributed by atoms with E-state index in [4.69, 9.17) is 18.9 Å². The molecule has 0 bridgehead atoms. The van der Waals surface area contributed by atoms with Gasteiger partial charge in [0.2, 0.25) is 23.0 Å². The molecule has 1 aliphatic carbocycles. The van der Waals surface area contributed by atoms with E-state index in [0.29, 0.717) is 54.2 Å². The molecule has 2 atom stereocenters. The van der Waals surface area contributed by atoms with Crippen molar-refractivity contribution in [2.24, 2.45) is 5.92 Å². The maximum atomic E-state index is 13.8. The van der Waals surface area contributed by atoms with Crippen molar-refractivity contribution in [1.82, 2.24) is 10.6 Å². The van der Waals surface area contributed by atoms with Crippen LogP contribution in [0.2, 0.25) is 0 Å². The first-order valence-electron chi connectivity index (χ1n) is 15.1. The van der Waals surface area contributed by atoms with Gasteiger partial charge in [0.05, 0.1) is 40.2 Å². The fourth-order valence-electron chi connectivity index (χ4n) is 5.87. The maximum Gasteiger partial charge on any atom is 0.242 e. The van der Waals surface area contributed by atoms with Crippen molar-refractivity contribution in [2.45, 2.75) is 52.1 Å². The van der Waals surface area contributed by atoms with Gasteiger partial charge in [-0.15, -0.1) is 0 Å². The van der Waals surface area contributed by atoms with E-state index in [1.54, 1.807) is 40.6 Å². The quantitative estimate of drug-likeness (QED) is 0.268. The molecular formula is C35H43N3O7. The molecule has 0 aliphatic heterocycles. The smallest absolute Gasteiger partial charge is 0.242 e. The number of carbonyl (C=O) groups is 2. The van der Waals surface area contributed by atoms with Crippen LogP contribution in [0.25, 0.3) is 11.1 Å². The number of ether oxygens (including phenoxy) is 4. The molecule has 1 aliphatic rings. The van der Waals surface area contributed by atoms with Gasteiger partial charge in [-0.25, -0.2) is 0 Å². The largest absolute Gasteiger partial charge is 0.496 e. The zero-order chi connectivity index (χ0) is 32.7. The molecule has 3 N–H and O–H groups in total. The summed E-state index contributed by atoms with van der Waals surface area (Å²) in [6.07, 6.45) is 1.74. The monoisotopic (exact) mass is 617 g/mol. The lowest BCUT2D eigenvalue weighted by molar-refractivity contribution is -0.122. The van der Waals surface area contributed by atoms with Crippen LogP contribution in [-0.4, -0.2) is 52.8 Å². The summed E-state index contributed by atoms with van der Waals surface area (Å²) in [7, 11) is 6.29. The SMILES string of the molecule is COc1ccccc1CCNC(=O)[C@@H](Nc1ccc2c(cc1=O)[C@@H](NC(C)=O)CCc1cc(OC)c(OC)c(OC)c1-2)C(C)C. The molecule has 3 aromatic carbocycles. The van der Waals surface area contributed by atoms with Gasteiger partial charge in [0.1, 0.15) is 11.8 Å². The van der Waals surface area contributed by atoms with Crippen molar-refractivity contribution in [1.29, 1.82) is 0 Å². The maximum absolute atomic E-state index is 13.8. The lowest BCUT2D eigenvalue weighted by Crippen LogP contribution is -2.44. The van der Waals surface area contributed by atoms with Gasteiger partial charge in [-0.2, -0.15) is 0 Å². The highest BCUT2D eigenvalue weighted by Crippen LogP contribution is 2.50. The summed E-state index contributed by atoms with van der Waals surface area (Å²) in [6, 6.07) is 13.6. The Morgan fingerprint density at radius 2 is 1.62 bits per heavy atom. The van der Waals surface area contributed by atoms with Crippen molar-refractivity contribution in [3.63, 3.8) is 0 Å². The molecule has 0 saturated carbocycles. The molecule has 0 heterocycles. The highest BCUT2D eigenvalue weighted by Gasteiger charge is 2.30. The van der Waals surface area contributed by atoms with Crippen molar-refractivity contribution < 1.29 is 28.5 Å². The Morgan fingerprint density at radius 1 is 0.911 bits per heavy atom. The number of aryl methyl sites for hydroxylation is 1. The molecule has 10 heteroatoms. The predicted molar refractivity (Wildman–Crippen MR) is 175 cm³/mol. The average Bonchev–Trinajstić information content (AvgIpc) is 3.26. The van der Waals surface area contributed by atoms with Gasteiger partial charge in [0.15, 0.2) is 11.5 Å². The van der Waals surface area contributed by atoms with Gasteiger partial charge in [-0.05, 0) is 71.7 Å². The average molecular weight is 618 g/mol. The van der Waals surface area contributed by atoms with Crippen LogP contribution < -0.4 is 40.3 Å². The van der Waals surface area contributed by atoms with Gasteiger partial charge in [-0.1, -0.05) is 38.1 Å². The summed E-state index contributed by atoms with van der Waals surface area (Å²) in [6.45, 7) is 5.71. The fraction of sp³-hybridized carbons (Fsp3) is 0.400. The first-order valence-corrected chi connectivity index (χ1v) is 15.1. The van der Waals surface area contributed by atoms with Crippen LogP contribution >= 0.6 is 0 Å². The Bertz CT molecular complexity index is 1610. The molecular weight excluding hydrogens is 574 g/mol. The van der Waals surface area contributed by atoms with Crippen LogP contribution in [0.5, 0.6) is 23.0 Å². The number of methoxy groups -OCH3 is 4. The lowest BCUT2D eigenvalue weighted by Gasteiger charge is -2.22. The number of hydrogen-bond acceptors (Lipinski definition) is 8. The number of fused-ring (bicyclic) bond motifs is 3. The minimum Gasteiger partial charge on any atom is -0.496 e. The molecule has 240 valence electrons. The summed E-state index contributed by atoms with van der Waals surface area (Å²) in [5.74, 6) is 1.65.